The van der Waals surface area contributed by atoms with Gasteiger partial charge in [-0.2, -0.15) is 18.3 Å². The maximum Gasteiger partial charge on any atom is 0.392 e. The number of nitrogens with zero attached hydrogens (tertiary/aromatic N) is 3. The zero-order valence-electron chi connectivity index (χ0n) is 13.6. The molecule has 0 aromatic carbocycles. The lowest BCUT2D eigenvalue weighted by Crippen LogP contribution is -2.25. The van der Waals surface area contributed by atoms with Gasteiger partial charge in [0.25, 0.3) is 0 Å². The Bertz CT molecular complexity index is 867. The van der Waals surface area contributed by atoms with E-state index in [1.807, 2.05) is 0 Å². The average molecular weight is 350 g/mol. The van der Waals surface area contributed by atoms with E-state index in [1.54, 1.807) is 23.7 Å². The van der Waals surface area contributed by atoms with E-state index >= 15 is 0 Å². The Balaban J connectivity index is 1.92. The van der Waals surface area contributed by atoms with Crippen LogP contribution in [0.2, 0.25) is 0 Å². The van der Waals surface area contributed by atoms with Crippen LogP contribution in [-0.2, 0) is 4.79 Å². The summed E-state index contributed by atoms with van der Waals surface area (Å²) in [6, 6.07) is 1.74. The summed E-state index contributed by atoms with van der Waals surface area (Å²) >= 11 is 0. The molecule has 1 atom stereocenters. The maximum atomic E-state index is 12.8. The lowest BCUT2D eigenvalue weighted by molar-refractivity contribution is -0.175. The summed E-state index contributed by atoms with van der Waals surface area (Å²) in [7, 11) is 0. The van der Waals surface area contributed by atoms with Crippen molar-refractivity contribution in [2.45, 2.75) is 32.4 Å². The number of aryl methyl sites for hydroxylation is 1. The first-order valence-electron chi connectivity index (χ1n) is 7.84. The maximum absolute atomic E-state index is 12.8. The summed E-state index contributed by atoms with van der Waals surface area (Å²) in [5.41, 5.74) is 2.48. The van der Waals surface area contributed by atoms with Gasteiger partial charge in [0.1, 0.15) is 0 Å². The summed E-state index contributed by atoms with van der Waals surface area (Å²) in [6.07, 6.45) is 0.351. The van der Waals surface area contributed by atoms with E-state index in [1.165, 1.54) is 6.20 Å². The molecule has 0 bridgehead atoms. The molecule has 2 heterocycles. The lowest BCUT2D eigenvalue weighted by Gasteiger charge is -2.24. The molecule has 3 rings (SSSR count). The highest BCUT2D eigenvalue weighted by molar-refractivity contribution is 6.00. The molecule has 0 saturated carbocycles. The Kier molecular flexibility index (Phi) is 4.36. The monoisotopic (exact) mass is 350 g/mol. The molecule has 1 amide bonds. The number of pyridine rings is 1. The van der Waals surface area contributed by atoms with Crippen LogP contribution in [0.25, 0.3) is 16.7 Å². The fourth-order valence-corrected chi connectivity index (χ4v) is 2.92. The summed E-state index contributed by atoms with van der Waals surface area (Å²) < 4.78 is 40.0. The molecule has 0 radical (unpaired) electrons. The number of alkyl halides is 3. The normalized spacial score (nSPS) is 18.1. The van der Waals surface area contributed by atoms with Crippen molar-refractivity contribution in [3.05, 3.63) is 36.7 Å². The van der Waals surface area contributed by atoms with Crippen LogP contribution in [0, 0.1) is 12.8 Å². The predicted octanol–water partition coefficient (Wildman–Crippen LogP) is 4.07. The zero-order valence-corrected chi connectivity index (χ0v) is 13.6. The van der Waals surface area contributed by atoms with Gasteiger partial charge in [-0.3, -0.25) is 4.79 Å². The van der Waals surface area contributed by atoms with Crippen molar-refractivity contribution in [3.63, 3.8) is 0 Å². The van der Waals surface area contributed by atoms with Gasteiger partial charge in [-0.15, -0.1) is 0 Å². The van der Waals surface area contributed by atoms with Crippen LogP contribution in [0.15, 0.2) is 31.0 Å². The molecule has 1 N–H and O–H groups in total. The minimum atomic E-state index is -4.17. The smallest absolute Gasteiger partial charge is 0.321 e. The van der Waals surface area contributed by atoms with Crippen molar-refractivity contribution in [1.29, 1.82) is 0 Å². The van der Waals surface area contributed by atoms with Crippen LogP contribution < -0.4 is 5.32 Å². The van der Waals surface area contributed by atoms with Crippen LogP contribution in [0.5, 0.6) is 0 Å². The van der Waals surface area contributed by atoms with Gasteiger partial charge in [-0.25, -0.2) is 9.67 Å². The first-order valence-corrected chi connectivity index (χ1v) is 7.84. The Morgan fingerprint density at radius 1 is 1.48 bits per heavy atom. The second kappa shape index (κ2) is 6.34. The van der Waals surface area contributed by atoms with Crippen molar-refractivity contribution in [2.24, 2.45) is 5.92 Å². The molecule has 5 nitrogen and oxygen atoms in total. The molecule has 1 aliphatic rings. The van der Waals surface area contributed by atoms with Gasteiger partial charge in [-0.05, 0) is 38.3 Å². The van der Waals surface area contributed by atoms with Gasteiger partial charge >= 0.3 is 6.18 Å². The third kappa shape index (κ3) is 3.42. The molecule has 0 saturated heterocycles. The van der Waals surface area contributed by atoms with E-state index in [4.69, 9.17) is 0 Å². The topological polar surface area (TPSA) is 59.8 Å². The number of nitrogens with one attached hydrogen (secondary N) is 1. The molecule has 0 fully saturated rings. The predicted molar refractivity (Wildman–Crippen MR) is 88.8 cm³/mol. The molecular weight excluding hydrogens is 333 g/mol. The number of halogens is 3. The fourth-order valence-electron chi connectivity index (χ4n) is 2.92. The van der Waals surface area contributed by atoms with Crippen molar-refractivity contribution >= 4 is 28.3 Å². The molecule has 2 aromatic rings. The summed E-state index contributed by atoms with van der Waals surface area (Å²) in [4.78, 5) is 15.7. The molecule has 1 aliphatic carbocycles. The summed E-state index contributed by atoms with van der Waals surface area (Å²) in [5.74, 6) is -1.65. The third-order valence-electron chi connectivity index (χ3n) is 4.28. The number of hydrogen-bond donors (Lipinski definition) is 1. The van der Waals surface area contributed by atoms with Gasteiger partial charge in [0.05, 0.1) is 23.5 Å². The van der Waals surface area contributed by atoms with Crippen molar-refractivity contribution < 1.29 is 18.0 Å². The highest BCUT2D eigenvalue weighted by Gasteiger charge is 2.40. The van der Waals surface area contributed by atoms with Gasteiger partial charge in [0.15, 0.2) is 5.65 Å². The molecule has 25 heavy (non-hydrogen) atoms. The van der Waals surface area contributed by atoms with Crippen LogP contribution in [-0.4, -0.2) is 26.8 Å². The number of allylic oxidation sites excluding steroid dienone is 2. The number of carbonyl (C=O) groups excluding carboxylic acids is 1. The van der Waals surface area contributed by atoms with E-state index in [0.29, 0.717) is 22.7 Å². The van der Waals surface area contributed by atoms with Crippen LogP contribution in [0.3, 0.4) is 0 Å². The van der Waals surface area contributed by atoms with Crippen LogP contribution in [0.1, 0.15) is 25.0 Å². The number of fused-ring (bicyclic) bond motifs is 1. The number of rotatable bonds is 3. The van der Waals surface area contributed by atoms with E-state index in [9.17, 15) is 18.0 Å². The third-order valence-corrected chi connectivity index (χ3v) is 4.28. The van der Waals surface area contributed by atoms with E-state index < -0.39 is 12.1 Å². The second-order valence-electron chi connectivity index (χ2n) is 5.99. The minimum absolute atomic E-state index is 0.0449. The number of amides is 1. The molecule has 1 unspecified atom stereocenters. The number of anilines is 1. The molecule has 2 aromatic heterocycles. The first kappa shape index (κ1) is 17.2. The van der Waals surface area contributed by atoms with Gasteiger partial charge in [0.2, 0.25) is 5.91 Å². The number of hydrogen-bond acceptors (Lipinski definition) is 3. The van der Waals surface area contributed by atoms with E-state index in [2.05, 4.69) is 22.0 Å². The highest BCUT2D eigenvalue weighted by atomic mass is 19.4. The Hall–Kier alpha value is -2.64. The second-order valence-corrected chi connectivity index (χ2v) is 5.99. The quantitative estimate of drug-likeness (QED) is 0.849. The Morgan fingerprint density at radius 3 is 2.84 bits per heavy atom. The van der Waals surface area contributed by atoms with Gasteiger partial charge in [-0.1, -0.05) is 12.7 Å². The van der Waals surface area contributed by atoms with E-state index in [0.717, 1.165) is 11.5 Å². The lowest BCUT2D eigenvalue weighted by atomic mass is 9.92. The molecule has 0 spiro atoms. The van der Waals surface area contributed by atoms with E-state index in [-0.39, 0.29) is 25.2 Å². The fraction of sp³-hybridized carbons (Fsp3) is 0.353. The van der Waals surface area contributed by atoms with Crippen molar-refractivity contribution in [3.8, 4) is 0 Å². The standard InChI is InChI=1S/C17H17F3N4O/c1-3-15(25)22-12-8-14-10(2)23-24(16(14)21-9-12)13-6-4-11(5-7-13)17(18,19)20/h3,6,8-9,11H,1,4-5,7H2,2H3,(H,22,25). The molecule has 0 aliphatic heterocycles. The molecule has 8 heteroatoms. The SMILES string of the molecule is C=CC(=O)Nc1cnc2c(c1)c(C)nn2C1=CCC(C(F)(F)F)CC1. The zero-order chi connectivity index (χ0) is 18.2. The van der Waals surface area contributed by atoms with Crippen molar-refractivity contribution in [1.82, 2.24) is 14.8 Å². The number of aromatic nitrogens is 3. The summed E-state index contributed by atoms with van der Waals surface area (Å²) in [5, 5.41) is 7.78. The van der Waals surface area contributed by atoms with Crippen molar-refractivity contribution in [2.75, 3.05) is 5.32 Å². The first-order chi connectivity index (χ1) is 11.8. The number of carbonyl (C=O) groups is 1. The Morgan fingerprint density at radius 2 is 2.24 bits per heavy atom. The largest absolute Gasteiger partial charge is 0.392 e. The van der Waals surface area contributed by atoms with Crippen LogP contribution in [0.4, 0.5) is 18.9 Å². The molecule has 132 valence electrons. The van der Waals surface area contributed by atoms with Gasteiger partial charge in [0, 0.05) is 11.1 Å². The summed E-state index contributed by atoms with van der Waals surface area (Å²) in [6.45, 7) is 5.18. The Labute approximate surface area is 142 Å². The molecular formula is C17H17F3N4O. The minimum Gasteiger partial charge on any atom is -0.321 e. The van der Waals surface area contributed by atoms with Crippen LogP contribution >= 0.6 is 0 Å². The van der Waals surface area contributed by atoms with Gasteiger partial charge < -0.3 is 5.32 Å². The average Bonchev–Trinajstić information content (AvgIpc) is 2.90. The highest BCUT2D eigenvalue weighted by Crippen LogP contribution is 2.38.